The summed E-state index contributed by atoms with van der Waals surface area (Å²) in [7, 11) is 1.47. The second-order valence-electron chi connectivity index (χ2n) is 6.18. The molecule has 0 unspecified atom stereocenters. The van der Waals surface area contributed by atoms with Crippen LogP contribution in [-0.4, -0.2) is 34.5 Å². The lowest BCUT2D eigenvalue weighted by Gasteiger charge is -2.15. The largest absolute Gasteiger partial charge is 0.504 e. The molecule has 3 N–H and O–H groups in total. The van der Waals surface area contributed by atoms with Crippen molar-refractivity contribution in [3.05, 3.63) is 64.8 Å². The first kappa shape index (κ1) is 16.8. The third-order valence-electron chi connectivity index (χ3n) is 4.63. The molecule has 0 aliphatic heterocycles. The molecule has 0 fully saturated rings. The van der Waals surface area contributed by atoms with Gasteiger partial charge in [0.2, 0.25) is 0 Å². The molecule has 1 heterocycles. The molecule has 1 amide bonds. The van der Waals surface area contributed by atoms with Gasteiger partial charge in [-0.15, -0.1) is 0 Å². The highest BCUT2D eigenvalue weighted by Gasteiger charge is 2.24. The van der Waals surface area contributed by atoms with Crippen LogP contribution in [0.5, 0.6) is 11.5 Å². The van der Waals surface area contributed by atoms with Gasteiger partial charge in [0, 0.05) is 16.7 Å². The smallest absolute Gasteiger partial charge is 0.289 e. The molecular formula is C20H18N4O3. The van der Waals surface area contributed by atoms with E-state index in [9.17, 15) is 9.90 Å². The summed E-state index contributed by atoms with van der Waals surface area (Å²) in [5, 5.41) is 21.1. The van der Waals surface area contributed by atoms with Crippen LogP contribution in [0.4, 0.5) is 0 Å². The molecule has 136 valence electrons. The highest BCUT2D eigenvalue weighted by Crippen LogP contribution is 2.33. The van der Waals surface area contributed by atoms with Gasteiger partial charge in [0.15, 0.2) is 11.5 Å². The topological polar surface area (TPSA) is 99.6 Å². The summed E-state index contributed by atoms with van der Waals surface area (Å²) in [6, 6.07) is 13.1. The van der Waals surface area contributed by atoms with Crippen molar-refractivity contribution in [2.45, 2.75) is 12.8 Å². The number of nitrogens with one attached hydrogen (secondary N) is 2. The lowest BCUT2D eigenvalue weighted by molar-refractivity contribution is 0.0949. The fourth-order valence-corrected chi connectivity index (χ4v) is 3.27. The fraction of sp³-hybridized carbons (Fsp3) is 0.150. The number of benzene rings is 2. The summed E-state index contributed by atoms with van der Waals surface area (Å²) >= 11 is 0. The first-order chi connectivity index (χ1) is 13.2. The summed E-state index contributed by atoms with van der Waals surface area (Å²) in [6.07, 6.45) is 2.98. The van der Waals surface area contributed by atoms with E-state index in [1.54, 1.807) is 18.2 Å². The maximum atomic E-state index is 12.5. The minimum absolute atomic E-state index is 0.0338. The van der Waals surface area contributed by atoms with Gasteiger partial charge in [0.05, 0.1) is 19.0 Å². The van der Waals surface area contributed by atoms with Gasteiger partial charge in [0.25, 0.3) is 5.91 Å². The van der Waals surface area contributed by atoms with Crippen LogP contribution >= 0.6 is 0 Å². The number of phenols is 1. The van der Waals surface area contributed by atoms with E-state index in [0.29, 0.717) is 17.0 Å². The molecule has 2 aromatic carbocycles. The van der Waals surface area contributed by atoms with Gasteiger partial charge in [0.1, 0.15) is 5.69 Å². The molecule has 0 saturated carbocycles. The van der Waals surface area contributed by atoms with Crippen molar-refractivity contribution in [2.24, 2.45) is 5.10 Å². The first-order valence-electron chi connectivity index (χ1n) is 8.54. The third-order valence-corrected chi connectivity index (χ3v) is 4.63. The highest BCUT2D eigenvalue weighted by molar-refractivity contribution is 5.96. The van der Waals surface area contributed by atoms with Crippen LogP contribution < -0.4 is 10.2 Å². The number of aromatic amines is 1. The Morgan fingerprint density at radius 2 is 2.11 bits per heavy atom. The van der Waals surface area contributed by atoms with Crippen molar-refractivity contribution < 1.29 is 14.6 Å². The lowest BCUT2D eigenvalue weighted by Crippen LogP contribution is -2.20. The lowest BCUT2D eigenvalue weighted by atomic mass is 9.89. The molecule has 3 aromatic rings. The number of amides is 1. The minimum atomic E-state index is -0.373. The molecule has 0 spiro atoms. The van der Waals surface area contributed by atoms with E-state index in [0.717, 1.165) is 29.7 Å². The van der Waals surface area contributed by atoms with Crippen LogP contribution in [0, 0.1) is 0 Å². The number of para-hydroxylation sites is 1. The summed E-state index contributed by atoms with van der Waals surface area (Å²) in [5.74, 6) is -0.0677. The van der Waals surface area contributed by atoms with E-state index in [2.05, 4.69) is 26.8 Å². The zero-order valence-corrected chi connectivity index (χ0v) is 14.7. The van der Waals surface area contributed by atoms with E-state index in [1.807, 2.05) is 18.2 Å². The van der Waals surface area contributed by atoms with E-state index >= 15 is 0 Å². The van der Waals surface area contributed by atoms with Gasteiger partial charge < -0.3 is 9.84 Å². The number of ether oxygens (including phenoxy) is 1. The SMILES string of the molecule is COc1cccc(C=NNC(=O)c2[nH]nc3c2CCc2ccccc2-3)c1O. The van der Waals surface area contributed by atoms with Crippen molar-refractivity contribution in [3.8, 4) is 22.8 Å². The summed E-state index contributed by atoms with van der Waals surface area (Å²) in [5.41, 5.74) is 7.32. The second-order valence-corrected chi connectivity index (χ2v) is 6.18. The Balaban J connectivity index is 1.53. The van der Waals surface area contributed by atoms with Gasteiger partial charge in [-0.1, -0.05) is 30.3 Å². The molecule has 4 rings (SSSR count). The second kappa shape index (κ2) is 6.95. The van der Waals surface area contributed by atoms with E-state index < -0.39 is 0 Å². The zero-order valence-electron chi connectivity index (χ0n) is 14.7. The number of hydrogen-bond donors (Lipinski definition) is 3. The molecule has 1 aliphatic carbocycles. The molecule has 0 saturated heterocycles. The van der Waals surface area contributed by atoms with Crippen LogP contribution in [0.2, 0.25) is 0 Å². The number of aryl methyl sites for hydroxylation is 1. The van der Waals surface area contributed by atoms with Crippen molar-refractivity contribution in [2.75, 3.05) is 7.11 Å². The van der Waals surface area contributed by atoms with Gasteiger partial charge in [-0.3, -0.25) is 9.89 Å². The van der Waals surface area contributed by atoms with Crippen LogP contribution in [0.15, 0.2) is 47.6 Å². The third kappa shape index (κ3) is 3.03. The number of hydrazone groups is 1. The normalized spacial score (nSPS) is 12.5. The molecule has 1 aliphatic rings. The number of H-pyrrole nitrogens is 1. The number of rotatable bonds is 4. The van der Waals surface area contributed by atoms with Crippen LogP contribution in [0.25, 0.3) is 11.3 Å². The highest BCUT2D eigenvalue weighted by atomic mass is 16.5. The molecule has 0 bridgehead atoms. The Morgan fingerprint density at radius 1 is 1.26 bits per heavy atom. The molecule has 1 aromatic heterocycles. The molecule has 27 heavy (non-hydrogen) atoms. The van der Waals surface area contributed by atoms with Gasteiger partial charge >= 0.3 is 0 Å². The Hall–Kier alpha value is -3.61. The van der Waals surface area contributed by atoms with Crippen molar-refractivity contribution >= 4 is 12.1 Å². The number of aromatic hydroxyl groups is 1. The predicted octanol–water partition coefficient (Wildman–Crippen LogP) is 2.65. The van der Waals surface area contributed by atoms with Crippen molar-refractivity contribution in [1.29, 1.82) is 0 Å². The molecule has 0 atom stereocenters. The Labute approximate surface area is 155 Å². The minimum Gasteiger partial charge on any atom is -0.504 e. The monoisotopic (exact) mass is 362 g/mol. The number of aromatic nitrogens is 2. The zero-order chi connectivity index (χ0) is 18.8. The van der Waals surface area contributed by atoms with E-state index in [4.69, 9.17) is 4.74 Å². The Morgan fingerprint density at radius 3 is 2.96 bits per heavy atom. The summed E-state index contributed by atoms with van der Waals surface area (Å²) in [6.45, 7) is 0. The van der Waals surface area contributed by atoms with Crippen LogP contribution in [0.3, 0.4) is 0 Å². The van der Waals surface area contributed by atoms with Crippen LogP contribution in [0.1, 0.15) is 27.2 Å². The van der Waals surface area contributed by atoms with Crippen molar-refractivity contribution in [1.82, 2.24) is 15.6 Å². The molecule has 0 radical (unpaired) electrons. The number of fused-ring (bicyclic) bond motifs is 3. The van der Waals surface area contributed by atoms with Crippen molar-refractivity contribution in [3.63, 3.8) is 0 Å². The van der Waals surface area contributed by atoms with E-state index in [1.165, 1.54) is 18.9 Å². The van der Waals surface area contributed by atoms with E-state index in [-0.39, 0.29) is 11.7 Å². The quantitative estimate of drug-likeness (QED) is 0.491. The number of nitrogens with zero attached hydrogens (tertiary/aromatic N) is 2. The van der Waals surface area contributed by atoms with Crippen LogP contribution in [-0.2, 0) is 12.8 Å². The number of carbonyl (C=O) groups excluding carboxylic acids is 1. The fourth-order valence-electron chi connectivity index (χ4n) is 3.27. The number of phenolic OH excluding ortho intramolecular Hbond substituents is 1. The maximum Gasteiger partial charge on any atom is 0.289 e. The number of carbonyl (C=O) groups is 1. The van der Waals surface area contributed by atoms with Gasteiger partial charge in [-0.25, -0.2) is 5.43 Å². The first-order valence-corrected chi connectivity index (χ1v) is 8.54. The average molecular weight is 362 g/mol. The predicted molar refractivity (Wildman–Crippen MR) is 101 cm³/mol. The van der Waals surface area contributed by atoms with Gasteiger partial charge in [-0.2, -0.15) is 10.2 Å². The summed E-state index contributed by atoms with van der Waals surface area (Å²) < 4.78 is 5.05. The Kier molecular flexibility index (Phi) is 4.33. The molecular weight excluding hydrogens is 344 g/mol. The standard InChI is InChI=1S/C20H18N4O3/c1-27-16-8-4-6-13(19(16)25)11-21-24-20(26)18-15-10-9-12-5-2-3-7-14(12)17(15)22-23-18/h2-8,11,25H,9-10H2,1H3,(H,22,23)(H,24,26). The number of hydrogen-bond acceptors (Lipinski definition) is 5. The Bertz CT molecular complexity index is 1040. The number of methoxy groups -OCH3 is 1. The average Bonchev–Trinajstić information content (AvgIpc) is 3.14. The van der Waals surface area contributed by atoms with Gasteiger partial charge in [-0.05, 0) is 30.5 Å². The molecule has 7 heteroatoms. The summed E-state index contributed by atoms with van der Waals surface area (Å²) in [4.78, 5) is 12.5. The maximum absolute atomic E-state index is 12.5. The molecule has 7 nitrogen and oxygen atoms in total.